The van der Waals surface area contributed by atoms with E-state index in [-0.39, 0.29) is 17.8 Å². The van der Waals surface area contributed by atoms with Crippen molar-refractivity contribution in [2.24, 2.45) is 5.92 Å². The second-order valence-corrected chi connectivity index (χ2v) is 6.50. The first-order valence-electron chi connectivity index (χ1n) is 7.28. The number of ether oxygens (including phenoxy) is 1. The van der Waals surface area contributed by atoms with E-state index in [1.54, 1.807) is 6.92 Å². The summed E-state index contributed by atoms with van der Waals surface area (Å²) in [5.41, 5.74) is 1.58. The zero-order chi connectivity index (χ0) is 15.4. The van der Waals surface area contributed by atoms with Crippen molar-refractivity contribution in [3.63, 3.8) is 0 Å². The van der Waals surface area contributed by atoms with Crippen LogP contribution in [-0.2, 0) is 22.4 Å². The van der Waals surface area contributed by atoms with E-state index in [0.717, 1.165) is 31.2 Å². The van der Waals surface area contributed by atoms with Gasteiger partial charge in [0.05, 0.1) is 12.2 Å². The number of fused-ring (bicyclic) bond motifs is 1. The minimum Gasteiger partial charge on any atom is -0.462 e. The monoisotopic (exact) mass is 329 g/mol. The van der Waals surface area contributed by atoms with E-state index in [1.807, 2.05) is 0 Å². The number of nitrogens with one attached hydrogen (secondary N) is 1. The van der Waals surface area contributed by atoms with Crippen LogP contribution >= 0.6 is 22.9 Å². The molecule has 0 bridgehead atoms. The van der Waals surface area contributed by atoms with E-state index >= 15 is 0 Å². The van der Waals surface area contributed by atoms with Crippen LogP contribution in [0.25, 0.3) is 0 Å². The molecule has 6 heteroatoms. The smallest absolute Gasteiger partial charge is 0.341 e. The van der Waals surface area contributed by atoms with Crippen molar-refractivity contribution in [1.82, 2.24) is 0 Å². The largest absolute Gasteiger partial charge is 0.462 e. The van der Waals surface area contributed by atoms with Crippen molar-refractivity contribution in [1.29, 1.82) is 0 Å². The molecule has 1 N–H and O–H groups in total. The van der Waals surface area contributed by atoms with Gasteiger partial charge in [0.2, 0.25) is 5.91 Å². The Hall–Kier alpha value is -1.07. The molecule has 1 aromatic rings. The van der Waals surface area contributed by atoms with Crippen LogP contribution in [0.3, 0.4) is 0 Å². The molecule has 116 valence electrons. The molecule has 0 saturated heterocycles. The Balaban J connectivity index is 2.37. The normalized spacial score (nSPS) is 17.2. The van der Waals surface area contributed by atoms with Gasteiger partial charge in [0.1, 0.15) is 10.9 Å². The van der Waals surface area contributed by atoms with Gasteiger partial charge in [0.25, 0.3) is 0 Å². The summed E-state index contributed by atoms with van der Waals surface area (Å²) in [6.45, 7) is 4.29. The molecule has 1 amide bonds. The van der Waals surface area contributed by atoms with Gasteiger partial charge in [-0.3, -0.25) is 4.79 Å². The molecule has 21 heavy (non-hydrogen) atoms. The Morgan fingerprint density at radius 3 is 2.81 bits per heavy atom. The summed E-state index contributed by atoms with van der Waals surface area (Å²) in [5.74, 6) is -0.118. The van der Waals surface area contributed by atoms with Crippen molar-refractivity contribution in [3.8, 4) is 0 Å². The van der Waals surface area contributed by atoms with Gasteiger partial charge in [-0.05, 0) is 37.7 Å². The minimum atomic E-state index is -0.352. The van der Waals surface area contributed by atoms with E-state index < -0.39 is 0 Å². The molecule has 0 radical (unpaired) electrons. The molecule has 1 aromatic heterocycles. The molecule has 0 saturated carbocycles. The third-order valence-electron chi connectivity index (χ3n) is 3.80. The summed E-state index contributed by atoms with van der Waals surface area (Å²) < 4.78 is 5.14. The van der Waals surface area contributed by atoms with Gasteiger partial charge in [-0.25, -0.2) is 4.79 Å². The number of hydrogen-bond acceptors (Lipinski definition) is 4. The highest BCUT2D eigenvalue weighted by Gasteiger charge is 2.29. The van der Waals surface area contributed by atoms with Crippen LogP contribution in [0, 0.1) is 5.92 Å². The Labute approximate surface area is 133 Å². The van der Waals surface area contributed by atoms with Crippen molar-refractivity contribution in [2.75, 3.05) is 17.8 Å². The number of rotatable bonds is 5. The van der Waals surface area contributed by atoms with Gasteiger partial charge >= 0.3 is 5.97 Å². The van der Waals surface area contributed by atoms with Crippen LogP contribution in [0.1, 0.15) is 47.5 Å². The molecule has 4 nitrogen and oxygen atoms in total. The number of hydrogen-bond donors (Lipinski definition) is 1. The SMILES string of the molecule is CCOC(=O)c1c(NC(=O)CCl)sc2c1CC[C@H](CC)C2. The minimum absolute atomic E-state index is 0.123. The second-order valence-electron chi connectivity index (χ2n) is 5.13. The average molecular weight is 330 g/mol. The number of amides is 1. The predicted octanol–water partition coefficient (Wildman–Crippen LogP) is 3.62. The summed E-state index contributed by atoms with van der Waals surface area (Å²) in [6.07, 6.45) is 4.06. The van der Waals surface area contributed by atoms with E-state index in [9.17, 15) is 9.59 Å². The lowest BCUT2D eigenvalue weighted by atomic mass is 9.85. The molecule has 1 atom stereocenters. The fraction of sp³-hybridized carbons (Fsp3) is 0.600. The number of anilines is 1. The van der Waals surface area contributed by atoms with Crippen LogP contribution in [0.4, 0.5) is 5.00 Å². The molecule has 0 unspecified atom stereocenters. The molecule has 1 aliphatic rings. The molecule has 1 heterocycles. The lowest BCUT2D eigenvalue weighted by molar-refractivity contribution is -0.113. The zero-order valence-corrected chi connectivity index (χ0v) is 13.9. The van der Waals surface area contributed by atoms with Crippen molar-refractivity contribution in [3.05, 3.63) is 16.0 Å². The molecule has 0 aliphatic heterocycles. The van der Waals surface area contributed by atoms with Crippen molar-refractivity contribution < 1.29 is 14.3 Å². The number of carbonyl (C=O) groups excluding carboxylic acids is 2. The Morgan fingerprint density at radius 1 is 1.43 bits per heavy atom. The molecule has 0 spiro atoms. The lowest BCUT2D eigenvalue weighted by Crippen LogP contribution is -2.17. The van der Waals surface area contributed by atoms with Gasteiger partial charge in [0.15, 0.2) is 0 Å². The van der Waals surface area contributed by atoms with Gasteiger partial charge in [-0.1, -0.05) is 13.3 Å². The van der Waals surface area contributed by atoms with Gasteiger partial charge in [0, 0.05) is 4.88 Å². The van der Waals surface area contributed by atoms with Gasteiger partial charge in [-0.2, -0.15) is 0 Å². The zero-order valence-electron chi connectivity index (χ0n) is 12.3. The molecule has 0 fully saturated rings. The summed E-state index contributed by atoms with van der Waals surface area (Å²) in [7, 11) is 0. The molecule has 2 rings (SSSR count). The number of esters is 1. The predicted molar refractivity (Wildman–Crippen MR) is 85.4 cm³/mol. The van der Waals surface area contributed by atoms with Crippen molar-refractivity contribution in [2.45, 2.75) is 39.5 Å². The maximum absolute atomic E-state index is 12.2. The summed E-state index contributed by atoms with van der Waals surface area (Å²) in [6, 6.07) is 0. The Morgan fingerprint density at radius 2 is 2.19 bits per heavy atom. The molecular weight excluding hydrogens is 310 g/mol. The molecular formula is C15H20ClNO3S. The standard InChI is InChI=1S/C15H20ClNO3S/c1-3-9-5-6-10-11(7-9)21-14(17-12(18)8-16)13(10)15(19)20-4-2/h9H,3-8H2,1-2H3,(H,17,18)/t9-/m0/s1. The quantitative estimate of drug-likeness (QED) is 0.663. The first-order valence-corrected chi connectivity index (χ1v) is 8.63. The maximum atomic E-state index is 12.2. The van der Waals surface area contributed by atoms with Crippen LogP contribution < -0.4 is 5.32 Å². The molecule has 1 aliphatic carbocycles. The highest BCUT2D eigenvalue weighted by Crippen LogP contribution is 2.40. The number of carbonyl (C=O) groups is 2. The van der Waals surface area contributed by atoms with Gasteiger partial charge < -0.3 is 10.1 Å². The first kappa shape index (κ1) is 16.3. The fourth-order valence-corrected chi connectivity index (χ4v) is 4.10. The maximum Gasteiger partial charge on any atom is 0.341 e. The van der Waals surface area contributed by atoms with E-state index in [0.29, 0.717) is 23.1 Å². The molecule has 0 aromatic carbocycles. The van der Waals surface area contributed by atoms with Crippen molar-refractivity contribution >= 4 is 39.8 Å². The van der Waals surface area contributed by atoms with Crippen LogP contribution in [0.2, 0.25) is 0 Å². The van der Waals surface area contributed by atoms with E-state index in [2.05, 4.69) is 12.2 Å². The number of thiophene rings is 1. The fourth-order valence-electron chi connectivity index (χ4n) is 2.67. The second kappa shape index (κ2) is 7.27. The summed E-state index contributed by atoms with van der Waals surface area (Å²) in [4.78, 5) is 25.0. The van der Waals surface area contributed by atoms with E-state index in [1.165, 1.54) is 16.2 Å². The Kier molecular flexibility index (Phi) is 5.65. The Bertz CT molecular complexity index is 541. The number of halogens is 1. The third-order valence-corrected chi connectivity index (χ3v) is 5.21. The third kappa shape index (κ3) is 3.58. The summed E-state index contributed by atoms with van der Waals surface area (Å²) >= 11 is 7.03. The highest BCUT2D eigenvalue weighted by atomic mass is 35.5. The topological polar surface area (TPSA) is 55.4 Å². The van der Waals surface area contributed by atoms with Crippen LogP contribution in [0.5, 0.6) is 0 Å². The van der Waals surface area contributed by atoms with Gasteiger partial charge in [-0.15, -0.1) is 22.9 Å². The lowest BCUT2D eigenvalue weighted by Gasteiger charge is -2.20. The van der Waals surface area contributed by atoms with Crippen LogP contribution in [-0.4, -0.2) is 24.4 Å². The average Bonchev–Trinajstić information content (AvgIpc) is 2.83. The van der Waals surface area contributed by atoms with Crippen LogP contribution in [0.15, 0.2) is 0 Å². The van der Waals surface area contributed by atoms with E-state index in [4.69, 9.17) is 16.3 Å². The number of alkyl halides is 1. The summed E-state index contributed by atoms with van der Waals surface area (Å²) in [5, 5.41) is 3.32. The first-order chi connectivity index (χ1) is 10.1. The highest BCUT2D eigenvalue weighted by molar-refractivity contribution is 7.17.